The first-order valence-electron chi connectivity index (χ1n) is 34.3. The van der Waals surface area contributed by atoms with Gasteiger partial charge in [0.15, 0.2) is 11.9 Å². The number of aliphatic hydroxyl groups is 1. The van der Waals surface area contributed by atoms with Crippen LogP contribution in [0.4, 0.5) is 0 Å². The molecule has 580 valence electrons. The van der Waals surface area contributed by atoms with Gasteiger partial charge < -0.3 is 119 Å². The highest BCUT2D eigenvalue weighted by Crippen LogP contribution is 2.18. The van der Waals surface area contributed by atoms with E-state index in [4.69, 9.17) is 40.1 Å². The number of guanidine groups is 2. The Balaban J connectivity index is 1.94. The summed E-state index contributed by atoms with van der Waals surface area (Å²) in [6.45, 7) is 10.9. The molecule has 12 amide bonds. The third-order valence-corrected chi connectivity index (χ3v) is 16.8. The van der Waals surface area contributed by atoms with Crippen molar-refractivity contribution in [2.75, 3.05) is 13.1 Å². The quantitative estimate of drug-likeness (QED) is 0.0143. The highest BCUT2D eigenvalue weighted by molar-refractivity contribution is 6.00. The number of carbonyl (C=O) groups is 13. The first kappa shape index (κ1) is 88.0. The van der Waals surface area contributed by atoms with E-state index in [0.29, 0.717) is 16.8 Å². The summed E-state index contributed by atoms with van der Waals surface area (Å²) in [6, 6.07) is -5.84. The number of hydrogen-bond donors (Lipinski definition) is 22. The molecular formula is C67H105N21O17. The maximum atomic E-state index is 14.6. The fourth-order valence-corrected chi connectivity index (χ4v) is 10.5. The zero-order chi connectivity index (χ0) is 78.8. The maximum absolute atomic E-state index is 14.6. The van der Waals surface area contributed by atoms with Crippen LogP contribution in [0.1, 0.15) is 129 Å². The number of nitrogens with zero attached hydrogens (tertiary/aromatic N) is 3. The van der Waals surface area contributed by atoms with E-state index in [1.165, 1.54) is 61.1 Å². The van der Waals surface area contributed by atoms with Crippen LogP contribution in [0.3, 0.4) is 0 Å². The number of benzene rings is 2. The summed E-state index contributed by atoms with van der Waals surface area (Å²) in [5, 5.41) is 66.1. The molecule has 0 aliphatic rings. The molecule has 14 atom stereocenters. The summed E-state index contributed by atoms with van der Waals surface area (Å²) in [5.41, 5.74) is 40.8. The molecule has 0 aliphatic carbocycles. The Hall–Kier alpha value is -11.2. The minimum absolute atomic E-state index is 0.0200. The zero-order valence-corrected chi connectivity index (χ0v) is 60.0. The van der Waals surface area contributed by atoms with Crippen molar-refractivity contribution in [3.05, 3.63) is 77.9 Å². The van der Waals surface area contributed by atoms with E-state index in [-0.39, 0.29) is 107 Å². The van der Waals surface area contributed by atoms with Gasteiger partial charge in [-0.25, -0.2) is 9.78 Å². The Morgan fingerprint density at radius 1 is 0.467 bits per heavy atom. The summed E-state index contributed by atoms with van der Waals surface area (Å²) in [4.78, 5) is 195. The lowest BCUT2D eigenvalue weighted by Crippen LogP contribution is -2.63. The fraction of sp³-hybridized carbons (Fsp3) is 0.552. The lowest BCUT2D eigenvalue weighted by molar-refractivity contribution is -0.142. The average molecular weight is 1480 g/mol. The van der Waals surface area contributed by atoms with Crippen LogP contribution >= 0.6 is 0 Å². The summed E-state index contributed by atoms with van der Waals surface area (Å²) in [7, 11) is 0. The van der Waals surface area contributed by atoms with E-state index in [9.17, 15) is 82.8 Å². The molecule has 38 nitrogen and oxygen atoms in total. The van der Waals surface area contributed by atoms with Crippen molar-refractivity contribution in [3.63, 3.8) is 0 Å². The highest BCUT2D eigenvalue weighted by atomic mass is 16.4. The average Bonchev–Trinajstić information content (AvgIpc) is 1.71. The molecule has 3 rings (SSSR count). The van der Waals surface area contributed by atoms with Crippen LogP contribution in [0.25, 0.3) is 0 Å². The number of hydrogen-bond acceptors (Lipinski definition) is 20. The number of imidazole rings is 1. The smallest absolute Gasteiger partial charge is 0.326 e. The lowest BCUT2D eigenvalue weighted by Gasteiger charge is -2.31. The number of aromatic nitrogens is 2. The molecule has 29 N–H and O–H groups in total. The van der Waals surface area contributed by atoms with Gasteiger partial charge in [-0.15, -0.1) is 0 Å². The summed E-state index contributed by atoms with van der Waals surface area (Å²) < 4.78 is 0. The molecule has 0 saturated heterocycles. The van der Waals surface area contributed by atoms with Crippen LogP contribution in [-0.2, 0) is 81.6 Å². The molecule has 0 saturated carbocycles. The normalized spacial score (nSPS) is 15.1. The number of phenolic OH excluding ortho intramolecular Hbond substituents is 2. The van der Waals surface area contributed by atoms with E-state index in [1.807, 2.05) is 0 Å². The molecule has 2 aromatic carbocycles. The molecule has 1 aromatic heterocycles. The van der Waals surface area contributed by atoms with Crippen molar-refractivity contribution in [2.45, 2.75) is 205 Å². The third-order valence-electron chi connectivity index (χ3n) is 16.8. The Kier molecular flexibility index (Phi) is 37.2. The third kappa shape index (κ3) is 31.9. The number of nitrogens with two attached hydrogens (primary N) is 7. The van der Waals surface area contributed by atoms with Gasteiger partial charge in [-0.1, -0.05) is 78.6 Å². The number of carbonyl (C=O) groups excluding carboxylic acids is 12. The number of aliphatic hydroxyl groups excluding tert-OH is 1. The number of carboxylic acid groups (broad SMARTS) is 1. The lowest BCUT2D eigenvalue weighted by atomic mass is 9.95. The van der Waals surface area contributed by atoms with Gasteiger partial charge in [0.1, 0.15) is 71.9 Å². The molecule has 0 fully saturated rings. The van der Waals surface area contributed by atoms with E-state index in [0.717, 1.165) is 6.92 Å². The van der Waals surface area contributed by atoms with Gasteiger partial charge in [0.2, 0.25) is 70.9 Å². The van der Waals surface area contributed by atoms with Gasteiger partial charge in [0.25, 0.3) is 0 Å². The Bertz CT molecular complexity index is 3460. The Labute approximate surface area is 607 Å². The first-order valence-corrected chi connectivity index (χ1v) is 34.3. The molecule has 0 spiro atoms. The SMILES string of the molecule is CC[C@H](C)[C@H](NC(=O)[C@H](Cc1ccc(O)cc1)NC(=O)[C@@H](N)Cc1cnc[nH]1)C(=O)N[C@@H](CC(N)=O)C(=O)N[C@@H](CC(C)C)C(=O)N[C@H](C(=O)N[C@H](C(=O)N[C@@H](CCCN=C(N)N)C(=O)N[C@@H](CCC(N)=O)C(=O)N[C@@H](CCCN=C(N)N)C(=O)N[C@@H](Cc1ccc(O)cc1)C(=O)O)[C@@H](C)O)[C@@H](C)CC. The van der Waals surface area contributed by atoms with Crippen molar-refractivity contribution in [2.24, 2.45) is 67.9 Å². The minimum atomic E-state index is -1.90. The number of aliphatic carboxylic acids is 1. The van der Waals surface area contributed by atoms with Crippen LogP contribution in [0.2, 0.25) is 0 Å². The predicted molar refractivity (Wildman–Crippen MR) is 383 cm³/mol. The fourth-order valence-electron chi connectivity index (χ4n) is 10.5. The minimum Gasteiger partial charge on any atom is -0.508 e. The summed E-state index contributed by atoms with van der Waals surface area (Å²) >= 11 is 0. The Morgan fingerprint density at radius 3 is 1.27 bits per heavy atom. The number of primary amides is 2. The number of aromatic hydroxyl groups is 2. The molecule has 1 heterocycles. The number of rotatable bonds is 47. The van der Waals surface area contributed by atoms with Gasteiger partial charge in [-0.3, -0.25) is 67.5 Å². The Morgan fingerprint density at radius 2 is 0.848 bits per heavy atom. The van der Waals surface area contributed by atoms with Crippen molar-refractivity contribution < 1.29 is 82.8 Å². The molecular weight excluding hydrogens is 1370 g/mol. The number of aromatic amines is 1. The van der Waals surface area contributed by atoms with Gasteiger partial charge in [-0.05, 0) is 98.6 Å². The van der Waals surface area contributed by atoms with Crippen LogP contribution in [0.15, 0.2) is 71.0 Å². The number of phenols is 2. The molecule has 105 heavy (non-hydrogen) atoms. The van der Waals surface area contributed by atoms with Crippen LogP contribution in [0, 0.1) is 17.8 Å². The number of H-pyrrole nitrogens is 1. The predicted octanol–water partition coefficient (Wildman–Crippen LogP) is -5.12. The number of aliphatic imine (C=N–C) groups is 2. The molecule has 0 aliphatic heterocycles. The van der Waals surface area contributed by atoms with Crippen molar-refractivity contribution in [3.8, 4) is 11.5 Å². The van der Waals surface area contributed by atoms with E-state index < -0.39 is 181 Å². The van der Waals surface area contributed by atoms with E-state index >= 15 is 0 Å². The first-order chi connectivity index (χ1) is 49.4. The molecule has 3 aromatic rings. The van der Waals surface area contributed by atoms with Crippen LogP contribution in [0.5, 0.6) is 11.5 Å². The highest BCUT2D eigenvalue weighted by Gasteiger charge is 2.39. The van der Waals surface area contributed by atoms with Gasteiger partial charge in [-0.2, -0.15) is 0 Å². The monoisotopic (exact) mass is 1480 g/mol. The number of nitrogens with one attached hydrogen (secondary N) is 11. The standard InChI is InChI=1S/C67H105N21O17/c1-8-34(5)52(86-61(100)47(27-37-14-18-40(90)19-15-37)82-55(94)42(68)29-39-31-75-32-78-39)62(101)84-48(30-51(70)93)59(98)83-46(26-33(3)4)60(99)87-53(35(6)9-2)63(102)88-54(36(7)89)64(103)81-44(13-11-25-77-67(73)74)56(95)80-45(22-23-50(69)92)58(97)79-43(12-10-24-76-66(71)72)57(96)85-49(65(104)105)28-38-16-20-41(91)21-17-38/h14-21,31-36,42-49,52-54,89-91H,8-13,22-30,68H2,1-7H3,(H2,69,92)(H2,70,93)(H,75,78)(H,79,97)(H,80,95)(H,81,103)(H,82,94)(H,83,98)(H,84,101)(H,85,96)(H,86,100)(H,87,99)(H,88,102)(H,104,105)(H4,71,72,76)(H4,73,74,77)/t34-,35-,36+,42-,43-,44-,45-,46-,47-,48-,49-,52-,53-,54-/m0/s1. The number of carboxylic acids is 1. The molecule has 0 unspecified atom stereocenters. The van der Waals surface area contributed by atoms with E-state index in [1.54, 1.807) is 41.5 Å². The van der Waals surface area contributed by atoms with Crippen LogP contribution in [-0.4, -0.2) is 205 Å². The maximum Gasteiger partial charge on any atom is 0.326 e. The topological polar surface area (TPSA) is 659 Å². The molecule has 0 bridgehead atoms. The largest absolute Gasteiger partial charge is 0.508 e. The van der Waals surface area contributed by atoms with Crippen LogP contribution < -0.4 is 93.3 Å². The number of amides is 12. The second kappa shape index (κ2) is 44.4. The summed E-state index contributed by atoms with van der Waals surface area (Å²) in [5.74, 6) is -16.0. The van der Waals surface area contributed by atoms with Crippen molar-refractivity contribution in [1.82, 2.24) is 63.1 Å². The van der Waals surface area contributed by atoms with Gasteiger partial charge >= 0.3 is 5.97 Å². The van der Waals surface area contributed by atoms with Gasteiger partial charge in [0, 0.05) is 50.7 Å². The second-order valence-electron chi connectivity index (χ2n) is 26.1. The van der Waals surface area contributed by atoms with Crippen molar-refractivity contribution in [1.29, 1.82) is 0 Å². The molecule has 38 heteroatoms. The van der Waals surface area contributed by atoms with E-state index in [2.05, 4.69) is 73.1 Å². The zero-order valence-electron chi connectivity index (χ0n) is 60.0. The second-order valence-corrected chi connectivity index (χ2v) is 26.1. The van der Waals surface area contributed by atoms with Gasteiger partial charge in [0.05, 0.1) is 24.9 Å². The summed E-state index contributed by atoms with van der Waals surface area (Å²) in [6.07, 6.45) is -1.24. The molecule has 0 radical (unpaired) electrons. The van der Waals surface area contributed by atoms with Crippen molar-refractivity contribution >= 4 is 88.8 Å².